The highest BCUT2D eigenvalue weighted by molar-refractivity contribution is 9.10. The third-order valence-electron chi connectivity index (χ3n) is 5.43. The molecule has 1 N–H and O–H groups in total. The molecule has 1 aliphatic heterocycles. The smallest absolute Gasteiger partial charge is 0.295 e. The molecule has 0 radical (unpaired) electrons. The molecule has 1 fully saturated rings. The molecule has 5 heteroatoms. The Kier molecular flexibility index (Phi) is 6.58. The highest BCUT2D eigenvalue weighted by Crippen LogP contribution is 2.40. The van der Waals surface area contributed by atoms with Crippen LogP contribution < -0.4 is 0 Å². The van der Waals surface area contributed by atoms with Gasteiger partial charge >= 0.3 is 0 Å². The van der Waals surface area contributed by atoms with Crippen molar-refractivity contribution in [3.63, 3.8) is 0 Å². The number of unbranched alkanes of at least 4 members (excludes halogenated alkanes) is 1. The number of aliphatic hydroxyl groups excluding tert-OH is 1. The molecule has 0 spiro atoms. The first-order valence-corrected chi connectivity index (χ1v) is 10.8. The average Bonchev–Trinajstić information content (AvgIpc) is 2.98. The van der Waals surface area contributed by atoms with Crippen LogP contribution in [-0.2, 0) is 16.0 Å². The molecular weight excluding hydrogens is 430 g/mol. The second-order valence-corrected chi connectivity index (χ2v) is 8.26. The zero-order valence-electron chi connectivity index (χ0n) is 17.0. The molecule has 0 saturated carbocycles. The summed E-state index contributed by atoms with van der Waals surface area (Å²) >= 11 is 3.46. The average molecular weight is 456 g/mol. The second-order valence-electron chi connectivity index (χ2n) is 7.41. The van der Waals surface area contributed by atoms with E-state index in [1.807, 2.05) is 50.2 Å². The van der Waals surface area contributed by atoms with E-state index in [0.717, 1.165) is 34.9 Å². The molecule has 29 heavy (non-hydrogen) atoms. The first kappa shape index (κ1) is 21.3. The summed E-state index contributed by atoms with van der Waals surface area (Å²) in [5, 5.41) is 11.1. The number of amides is 1. The summed E-state index contributed by atoms with van der Waals surface area (Å²) in [5.74, 6) is -1.29. The number of halogens is 1. The fourth-order valence-electron chi connectivity index (χ4n) is 3.67. The van der Waals surface area contributed by atoms with Gasteiger partial charge in [-0.05, 0) is 48.6 Å². The molecule has 0 bridgehead atoms. The quantitative estimate of drug-likeness (QED) is 0.353. The van der Waals surface area contributed by atoms with Crippen molar-refractivity contribution in [1.82, 2.24) is 4.90 Å². The van der Waals surface area contributed by atoms with E-state index in [1.165, 1.54) is 5.56 Å². The lowest BCUT2D eigenvalue weighted by atomic mass is 9.94. The Labute approximate surface area is 180 Å². The van der Waals surface area contributed by atoms with E-state index in [0.29, 0.717) is 12.1 Å². The molecule has 1 heterocycles. The number of carbonyl (C=O) groups excluding carboxylic acids is 2. The highest BCUT2D eigenvalue weighted by Gasteiger charge is 2.45. The molecule has 1 aliphatic rings. The summed E-state index contributed by atoms with van der Waals surface area (Å²) < 4.78 is 0.921. The maximum Gasteiger partial charge on any atom is 0.295 e. The van der Waals surface area contributed by atoms with Crippen molar-refractivity contribution in [2.75, 3.05) is 6.54 Å². The van der Waals surface area contributed by atoms with Crippen molar-refractivity contribution in [3.8, 4) is 0 Å². The third-order valence-corrected chi connectivity index (χ3v) is 6.32. The van der Waals surface area contributed by atoms with Crippen LogP contribution in [0.5, 0.6) is 0 Å². The summed E-state index contributed by atoms with van der Waals surface area (Å²) in [4.78, 5) is 27.3. The molecule has 0 aliphatic carbocycles. The van der Waals surface area contributed by atoms with Crippen LogP contribution in [-0.4, -0.2) is 28.2 Å². The zero-order valence-corrected chi connectivity index (χ0v) is 18.6. The lowest BCUT2D eigenvalue weighted by Gasteiger charge is -2.25. The number of ketones is 1. The molecule has 1 saturated heterocycles. The molecule has 0 aromatic heterocycles. The van der Waals surface area contributed by atoms with Gasteiger partial charge in [-0.15, -0.1) is 0 Å². The van der Waals surface area contributed by atoms with Crippen molar-refractivity contribution in [1.29, 1.82) is 0 Å². The lowest BCUT2D eigenvalue weighted by Crippen LogP contribution is -2.30. The molecule has 3 rings (SSSR count). The van der Waals surface area contributed by atoms with Gasteiger partial charge in [0.25, 0.3) is 11.7 Å². The van der Waals surface area contributed by atoms with E-state index in [1.54, 1.807) is 11.0 Å². The van der Waals surface area contributed by atoms with Gasteiger partial charge in [0.15, 0.2) is 0 Å². The van der Waals surface area contributed by atoms with E-state index < -0.39 is 17.7 Å². The number of benzene rings is 2. The van der Waals surface area contributed by atoms with Crippen LogP contribution >= 0.6 is 15.9 Å². The van der Waals surface area contributed by atoms with Gasteiger partial charge in [-0.1, -0.05) is 66.5 Å². The van der Waals surface area contributed by atoms with E-state index in [-0.39, 0.29) is 11.3 Å². The fraction of sp³-hybridized carbons (Fsp3) is 0.333. The monoisotopic (exact) mass is 455 g/mol. The van der Waals surface area contributed by atoms with Gasteiger partial charge < -0.3 is 10.0 Å². The Hall–Kier alpha value is -2.40. The number of carbonyl (C=O) groups is 2. The molecule has 1 unspecified atom stereocenters. The molecular formula is C24H26BrNO3. The lowest BCUT2D eigenvalue weighted by molar-refractivity contribution is -0.139. The van der Waals surface area contributed by atoms with Gasteiger partial charge in [-0.2, -0.15) is 0 Å². The van der Waals surface area contributed by atoms with Gasteiger partial charge in [0, 0.05) is 16.6 Å². The van der Waals surface area contributed by atoms with E-state index in [9.17, 15) is 14.7 Å². The van der Waals surface area contributed by atoms with Crippen LogP contribution in [0.15, 0.2) is 52.5 Å². The number of Topliss-reactive ketones (excluding diaryl/α,β-unsaturated/α-hetero) is 1. The minimum absolute atomic E-state index is 0.123. The number of hydrogen-bond acceptors (Lipinski definition) is 3. The van der Waals surface area contributed by atoms with Crippen molar-refractivity contribution in [2.45, 2.75) is 46.1 Å². The van der Waals surface area contributed by atoms with Gasteiger partial charge in [0.1, 0.15) is 5.76 Å². The van der Waals surface area contributed by atoms with Gasteiger partial charge in [0.2, 0.25) is 0 Å². The van der Waals surface area contributed by atoms with Crippen molar-refractivity contribution in [2.24, 2.45) is 0 Å². The molecule has 2 aromatic rings. The summed E-state index contributed by atoms with van der Waals surface area (Å²) in [6.07, 6.45) is 2.62. The molecule has 2 aromatic carbocycles. The maximum absolute atomic E-state index is 12.9. The number of rotatable bonds is 6. The Morgan fingerprint density at radius 2 is 1.79 bits per heavy atom. The zero-order chi connectivity index (χ0) is 21.1. The first-order chi connectivity index (χ1) is 13.9. The summed E-state index contributed by atoms with van der Waals surface area (Å²) in [6, 6.07) is 12.8. The van der Waals surface area contributed by atoms with E-state index >= 15 is 0 Å². The Morgan fingerprint density at radius 3 is 2.38 bits per heavy atom. The normalized spacial score (nSPS) is 18.5. The van der Waals surface area contributed by atoms with E-state index in [2.05, 4.69) is 22.9 Å². The fourth-order valence-corrected chi connectivity index (χ4v) is 3.92. The molecule has 1 atom stereocenters. The number of aryl methyl sites for hydroxylation is 2. The topological polar surface area (TPSA) is 57.6 Å². The molecule has 1 amide bonds. The van der Waals surface area contributed by atoms with Crippen molar-refractivity contribution in [3.05, 3.63) is 74.8 Å². The number of nitrogens with zero attached hydrogens (tertiary/aromatic N) is 1. The molecule has 4 nitrogen and oxygen atoms in total. The van der Waals surface area contributed by atoms with Crippen LogP contribution in [0.2, 0.25) is 0 Å². The predicted octanol–water partition coefficient (Wildman–Crippen LogP) is 5.54. The van der Waals surface area contributed by atoms with Gasteiger partial charge in [-0.25, -0.2) is 0 Å². The second kappa shape index (κ2) is 8.95. The van der Waals surface area contributed by atoms with Crippen LogP contribution in [0, 0.1) is 6.92 Å². The van der Waals surface area contributed by atoms with E-state index in [4.69, 9.17) is 0 Å². The third kappa shape index (κ3) is 4.15. The van der Waals surface area contributed by atoms with Crippen molar-refractivity contribution < 1.29 is 14.7 Å². The van der Waals surface area contributed by atoms with Gasteiger partial charge in [-0.3, -0.25) is 9.59 Å². The SMILES string of the molecule is CCCCN1C(=O)C(=O)/C(=C(\O)c2ccc(Br)c(C)c2)C1c1ccc(CC)cc1. The van der Waals surface area contributed by atoms with Gasteiger partial charge in [0.05, 0.1) is 11.6 Å². The van der Waals surface area contributed by atoms with Crippen LogP contribution in [0.25, 0.3) is 5.76 Å². The Morgan fingerprint density at radius 1 is 1.10 bits per heavy atom. The first-order valence-electron chi connectivity index (χ1n) is 10.0. The standard InChI is InChI=1S/C24H26BrNO3/c1-4-6-13-26-21(17-9-7-16(5-2)8-10-17)20(23(28)24(26)29)22(27)18-11-12-19(25)15(3)14-18/h7-12,14,21,27H,4-6,13H2,1-3H3/b22-20-. The number of likely N-dealkylation sites (tertiary alicyclic amines) is 1. The summed E-state index contributed by atoms with van der Waals surface area (Å²) in [5.41, 5.74) is 3.67. The largest absolute Gasteiger partial charge is 0.507 e. The Bertz CT molecular complexity index is 963. The highest BCUT2D eigenvalue weighted by atomic mass is 79.9. The molecule has 152 valence electrons. The summed E-state index contributed by atoms with van der Waals surface area (Å²) in [7, 11) is 0. The maximum atomic E-state index is 12.9. The van der Waals surface area contributed by atoms with Crippen LogP contribution in [0.3, 0.4) is 0 Å². The van der Waals surface area contributed by atoms with Crippen LogP contribution in [0.4, 0.5) is 0 Å². The minimum atomic E-state index is -0.622. The number of hydrogen-bond donors (Lipinski definition) is 1. The summed E-state index contributed by atoms with van der Waals surface area (Å²) in [6.45, 7) is 6.53. The predicted molar refractivity (Wildman–Crippen MR) is 119 cm³/mol. The number of aliphatic hydroxyl groups is 1. The minimum Gasteiger partial charge on any atom is -0.507 e. The van der Waals surface area contributed by atoms with Crippen LogP contribution in [0.1, 0.15) is 55.0 Å². The van der Waals surface area contributed by atoms with Crippen molar-refractivity contribution >= 4 is 33.4 Å². The Balaban J connectivity index is 2.15.